The third-order valence-corrected chi connectivity index (χ3v) is 3.89. The summed E-state index contributed by atoms with van der Waals surface area (Å²) < 4.78 is 0. The zero-order valence-electron chi connectivity index (χ0n) is 10.0. The molecule has 1 unspecified atom stereocenters. The summed E-state index contributed by atoms with van der Waals surface area (Å²) in [6.45, 7) is 6.56. The SMILES string of the molecule is CCCc1nc(C(N)CCC)sc1CC. The molecule has 0 fully saturated rings. The molecule has 0 aliphatic carbocycles. The van der Waals surface area contributed by atoms with Crippen LogP contribution in [0.5, 0.6) is 0 Å². The van der Waals surface area contributed by atoms with Crippen molar-refractivity contribution in [2.24, 2.45) is 5.73 Å². The fourth-order valence-corrected chi connectivity index (χ4v) is 2.79. The third kappa shape index (κ3) is 3.28. The van der Waals surface area contributed by atoms with Crippen LogP contribution in [-0.4, -0.2) is 4.98 Å². The van der Waals surface area contributed by atoms with E-state index in [9.17, 15) is 0 Å². The number of thiazole rings is 1. The van der Waals surface area contributed by atoms with Crippen LogP contribution in [-0.2, 0) is 12.8 Å². The van der Waals surface area contributed by atoms with Crippen LogP contribution in [0.3, 0.4) is 0 Å². The minimum Gasteiger partial charge on any atom is -0.322 e. The van der Waals surface area contributed by atoms with Crippen LogP contribution in [0.25, 0.3) is 0 Å². The molecule has 3 heteroatoms. The molecule has 0 spiro atoms. The fourth-order valence-electron chi connectivity index (χ4n) is 1.70. The van der Waals surface area contributed by atoms with E-state index in [1.807, 2.05) is 11.3 Å². The average molecular weight is 226 g/mol. The Morgan fingerprint density at radius 1 is 1.27 bits per heavy atom. The topological polar surface area (TPSA) is 38.9 Å². The number of hydrogen-bond acceptors (Lipinski definition) is 3. The molecule has 86 valence electrons. The van der Waals surface area contributed by atoms with E-state index in [-0.39, 0.29) is 6.04 Å². The maximum Gasteiger partial charge on any atom is 0.110 e. The first kappa shape index (κ1) is 12.7. The molecule has 0 amide bonds. The predicted molar refractivity (Wildman–Crippen MR) is 67.3 cm³/mol. The van der Waals surface area contributed by atoms with Crippen molar-refractivity contribution in [3.63, 3.8) is 0 Å². The quantitative estimate of drug-likeness (QED) is 0.807. The van der Waals surface area contributed by atoms with Crippen molar-refractivity contribution in [2.45, 2.75) is 58.9 Å². The van der Waals surface area contributed by atoms with Gasteiger partial charge in [0.05, 0.1) is 11.7 Å². The minimum absolute atomic E-state index is 0.149. The maximum atomic E-state index is 6.09. The van der Waals surface area contributed by atoms with Gasteiger partial charge in [-0.3, -0.25) is 0 Å². The molecule has 0 bridgehead atoms. The van der Waals surface area contributed by atoms with Crippen LogP contribution < -0.4 is 5.73 Å². The molecule has 0 aliphatic rings. The molecule has 0 aliphatic heterocycles. The Morgan fingerprint density at radius 2 is 2.00 bits per heavy atom. The molecule has 1 aromatic heterocycles. The lowest BCUT2D eigenvalue weighted by Crippen LogP contribution is -2.09. The minimum atomic E-state index is 0.149. The van der Waals surface area contributed by atoms with Crippen molar-refractivity contribution in [3.05, 3.63) is 15.6 Å². The van der Waals surface area contributed by atoms with Gasteiger partial charge in [0.2, 0.25) is 0 Å². The van der Waals surface area contributed by atoms with E-state index in [1.165, 1.54) is 17.0 Å². The highest BCUT2D eigenvalue weighted by molar-refractivity contribution is 7.11. The van der Waals surface area contributed by atoms with Gasteiger partial charge in [-0.1, -0.05) is 33.6 Å². The summed E-state index contributed by atoms with van der Waals surface area (Å²) in [7, 11) is 0. The van der Waals surface area contributed by atoms with Crippen molar-refractivity contribution < 1.29 is 0 Å². The number of nitrogens with zero attached hydrogens (tertiary/aromatic N) is 1. The van der Waals surface area contributed by atoms with E-state index < -0.39 is 0 Å². The van der Waals surface area contributed by atoms with Gasteiger partial charge in [-0.2, -0.15) is 0 Å². The first-order valence-electron chi connectivity index (χ1n) is 5.96. The largest absolute Gasteiger partial charge is 0.322 e. The Bertz CT molecular complexity index is 294. The van der Waals surface area contributed by atoms with Gasteiger partial charge in [0, 0.05) is 4.88 Å². The second-order valence-electron chi connectivity index (χ2n) is 3.92. The first-order chi connectivity index (χ1) is 7.22. The summed E-state index contributed by atoms with van der Waals surface area (Å²) in [5.41, 5.74) is 7.37. The van der Waals surface area contributed by atoms with E-state index >= 15 is 0 Å². The molecule has 0 saturated heterocycles. The van der Waals surface area contributed by atoms with Gasteiger partial charge in [-0.05, 0) is 19.3 Å². The van der Waals surface area contributed by atoms with Crippen LogP contribution in [0, 0.1) is 0 Å². The van der Waals surface area contributed by atoms with E-state index in [2.05, 4.69) is 25.8 Å². The molecular formula is C12H22N2S. The number of aromatic nitrogens is 1. The summed E-state index contributed by atoms with van der Waals surface area (Å²) in [5.74, 6) is 0. The molecule has 0 aromatic carbocycles. The average Bonchev–Trinajstić information content (AvgIpc) is 2.62. The van der Waals surface area contributed by atoms with E-state index in [0.717, 1.165) is 30.7 Å². The van der Waals surface area contributed by atoms with Gasteiger partial charge in [-0.25, -0.2) is 4.98 Å². The molecule has 0 radical (unpaired) electrons. The highest BCUT2D eigenvalue weighted by Crippen LogP contribution is 2.26. The van der Waals surface area contributed by atoms with Crippen LogP contribution in [0.2, 0.25) is 0 Å². The molecule has 0 saturated carbocycles. The third-order valence-electron chi connectivity index (χ3n) is 2.52. The smallest absolute Gasteiger partial charge is 0.110 e. The van der Waals surface area contributed by atoms with Crippen LogP contribution >= 0.6 is 11.3 Å². The number of nitrogens with two attached hydrogens (primary N) is 1. The molecule has 15 heavy (non-hydrogen) atoms. The normalized spacial score (nSPS) is 13.1. The lowest BCUT2D eigenvalue weighted by atomic mass is 10.2. The van der Waals surface area contributed by atoms with Crippen molar-refractivity contribution in [2.75, 3.05) is 0 Å². The Kier molecular flexibility index (Phi) is 5.26. The number of rotatable bonds is 6. The van der Waals surface area contributed by atoms with Crippen LogP contribution in [0.1, 0.15) is 61.7 Å². The second-order valence-corrected chi connectivity index (χ2v) is 5.04. The van der Waals surface area contributed by atoms with Gasteiger partial charge in [0.1, 0.15) is 5.01 Å². The van der Waals surface area contributed by atoms with E-state index in [0.29, 0.717) is 0 Å². The zero-order chi connectivity index (χ0) is 11.3. The summed E-state index contributed by atoms with van der Waals surface area (Å²) in [6, 6.07) is 0.149. The Morgan fingerprint density at radius 3 is 2.53 bits per heavy atom. The van der Waals surface area contributed by atoms with Crippen molar-refractivity contribution in [1.29, 1.82) is 0 Å². The second kappa shape index (κ2) is 6.23. The summed E-state index contributed by atoms with van der Waals surface area (Å²) in [5, 5.41) is 1.14. The monoisotopic (exact) mass is 226 g/mol. The molecule has 1 aromatic rings. The predicted octanol–water partition coefficient (Wildman–Crippen LogP) is 3.46. The van der Waals surface area contributed by atoms with Crippen molar-refractivity contribution >= 4 is 11.3 Å². The van der Waals surface area contributed by atoms with Gasteiger partial charge in [0.25, 0.3) is 0 Å². The van der Waals surface area contributed by atoms with Gasteiger partial charge < -0.3 is 5.73 Å². The Balaban J connectivity index is 2.81. The lowest BCUT2D eigenvalue weighted by Gasteiger charge is -2.04. The maximum absolute atomic E-state index is 6.09. The summed E-state index contributed by atoms with van der Waals surface area (Å²) in [6.07, 6.45) is 5.52. The number of hydrogen-bond donors (Lipinski definition) is 1. The standard InChI is InChI=1S/C12H22N2S/c1-4-7-9(13)12-14-10(8-5-2)11(6-3)15-12/h9H,4-8,13H2,1-3H3. The molecule has 2 N–H and O–H groups in total. The molecule has 1 atom stereocenters. The van der Waals surface area contributed by atoms with E-state index in [1.54, 1.807) is 0 Å². The molecule has 1 rings (SSSR count). The van der Waals surface area contributed by atoms with Gasteiger partial charge in [-0.15, -0.1) is 11.3 Å². The van der Waals surface area contributed by atoms with E-state index in [4.69, 9.17) is 5.73 Å². The Labute approximate surface area is 96.9 Å². The van der Waals surface area contributed by atoms with Gasteiger partial charge in [0.15, 0.2) is 0 Å². The fraction of sp³-hybridized carbons (Fsp3) is 0.750. The highest BCUT2D eigenvalue weighted by atomic mass is 32.1. The molecule has 1 heterocycles. The zero-order valence-corrected chi connectivity index (χ0v) is 10.9. The number of aryl methyl sites for hydroxylation is 2. The van der Waals surface area contributed by atoms with Crippen LogP contribution in [0.4, 0.5) is 0 Å². The molecular weight excluding hydrogens is 204 g/mol. The highest BCUT2D eigenvalue weighted by Gasteiger charge is 2.13. The van der Waals surface area contributed by atoms with Crippen LogP contribution in [0.15, 0.2) is 0 Å². The van der Waals surface area contributed by atoms with Crippen molar-refractivity contribution in [3.8, 4) is 0 Å². The molecule has 2 nitrogen and oxygen atoms in total. The van der Waals surface area contributed by atoms with Crippen molar-refractivity contribution in [1.82, 2.24) is 4.98 Å². The summed E-state index contributed by atoms with van der Waals surface area (Å²) >= 11 is 1.81. The lowest BCUT2D eigenvalue weighted by molar-refractivity contribution is 0.631. The first-order valence-corrected chi connectivity index (χ1v) is 6.78. The summed E-state index contributed by atoms with van der Waals surface area (Å²) in [4.78, 5) is 6.11. The van der Waals surface area contributed by atoms with Gasteiger partial charge >= 0.3 is 0 Å². The Hall–Kier alpha value is -0.410.